The summed E-state index contributed by atoms with van der Waals surface area (Å²) < 4.78 is 37.5. The molecule has 0 saturated carbocycles. The molecule has 0 atom stereocenters. The van der Waals surface area contributed by atoms with Crippen molar-refractivity contribution < 1.29 is 33.2 Å². The number of hydrogen-bond acceptors (Lipinski definition) is 9. The van der Waals surface area contributed by atoms with Crippen molar-refractivity contribution in [2.75, 3.05) is 112 Å². The van der Waals surface area contributed by atoms with Crippen LogP contribution in [0.25, 0.3) is 0 Å². The van der Waals surface area contributed by atoms with Crippen LogP contribution < -0.4 is 5.32 Å². The van der Waals surface area contributed by atoms with E-state index in [0.717, 1.165) is 12.3 Å². The van der Waals surface area contributed by atoms with Gasteiger partial charge in [-0.3, -0.25) is 0 Å². The normalized spacial score (nSPS) is 11.3. The molecule has 0 spiro atoms. The van der Waals surface area contributed by atoms with E-state index in [1.165, 1.54) is 0 Å². The average Bonchev–Trinajstić information content (AvgIpc) is 2.66. The Kier molecular flexibility index (Phi) is 25.1. The molecule has 0 aromatic heterocycles. The van der Waals surface area contributed by atoms with Crippen LogP contribution >= 0.6 is 12.6 Å². The van der Waals surface area contributed by atoms with Crippen LogP contribution in [0, 0.1) is 0 Å². The fraction of sp³-hybridized carbons (Fsp3) is 1.00. The number of thiol groups is 1. The van der Waals surface area contributed by atoms with Crippen molar-refractivity contribution in [1.82, 2.24) is 5.32 Å². The molecule has 0 bridgehead atoms. The number of hydrogen-bond donors (Lipinski definition) is 2. The maximum atomic E-state index is 5.40. The molecule has 0 aliphatic heterocycles. The van der Waals surface area contributed by atoms with Crippen LogP contribution in [0.3, 0.4) is 0 Å². The van der Waals surface area contributed by atoms with Gasteiger partial charge in [0.2, 0.25) is 0 Å². The average molecular weight is 400 g/mol. The Hall–Kier alpha value is 0.0300. The zero-order valence-electron chi connectivity index (χ0n) is 16.1. The van der Waals surface area contributed by atoms with Gasteiger partial charge in [-0.2, -0.15) is 12.6 Å². The topological polar surface area (TPSA) is 76.6 Å². The lowest BCUT2D eigenvalue weighted by Crippen LogP contribution is -2.17. The molecule has 0 fully saturated rings. The van der Waals surface area contributed by atoms with Gasteiger partial charge in [0.15, 0.2) is 0 Å². The van der Waals surface area contributed by atoms with E-state index in [2.05, 4.69) is 17.9 Å². The molecule has 158 valence electrons. The van der Waals surface area contributed by atoms with E-state index in [1.54, 1.807) is 0 Å². The van der Waals surface area contributed by atoms with Crippen molar-refractivity contribution in [2.45, 2.75) is 0 Å². The fourth-order valence-electron chi connectivity index (χ4n) is 1.66. The van der Waals surface area contributed by atoms with Crippen LogP contribution in [-0.4, -0.2) is 112 Å². The summed E-state index contributed by atoms with van der Waals surface area (Å²) in [5, 5.41) is 3.01. The first-order valence-corrected chi connectivity index (χ1v) is 9.84. The van der Waals surface area contributed by atoms with Gasteiger partial charge in [-0.1, -0.05) is 0 Å². The summed E-state index contributed by atoms with van der Waals surface area (Å²) >= 11 is 4.05. The molecule has 0 aromatic carbocycles. The molecule has 0 unspecified atom stereocenters. The van der Waals surface area contributed by atoms with E-state index in [1.807, 2.05) is 7.05 Å². The molecule has 0 amide bonds. The van der Waals surface area contributed by atoms with Gasteiger partial charge >= 0.3 is 0 Å². The molecular weight excluding hydrogens is 362 g/mol. The van der Waals surface area contributed by atoms with Gasteiger partial charge in [-0.05, 0) is 7.05 Å². The second-order valence-electron chi connectivity index (χ2n) is 5.11. The van der Waals surface area contributed by atoms with Crippen molar-refractivity contribution in [3.8, 4) is 0 Å². The van der Waals surface area contributed by atoms with Crippen LogP contribution in [-0.2, 0) is 33.2 Å². The lowest BCUT2D eigenvalue weighted by atomic mass is 10.6. The minimum Gasteiger partial charge on any atom is -0.378 e. The quantitative estimate of drug-likeness (QED) is 0.187. The number of nitrogens with one attached hydrogen (secondary N) is 1. The van der Waals surface area contributed by atoms with Crippen LogP contribution in [0.5, 0.6) is 0 Å². The summed E-state index contributed by atoms with van der Waals surface area (Å²) in [6, 6.07) is 0. The third kappa shape index (κ3) is 24.0. The standard InChI is InChI=1S/C17H37NO7S/c1-18-2-3-19-4-5-20-6-7-21-8-9-22-10-11-23-12-13-24-14-15-25-16-17-26/h18,26H,2-17H2,1H3. The maximum absolute atomic E-state index is 5.40. The Morgan fingerprint density at radius 2 is 0.731 bits per heavy atom. The van der Waals surface area contributed by atoms with Gasteiger partial charge in [0.1, 0.15) is 0 Å². The predicted octanol–water partition coefficient (Wildman–Crippen LogP) is 0.252. The minimum absolute atomic E-state index is 0.550. The number of rotatable bonds is 23. The zero-order valence-corrected chi connectivity index (χ0v) is 17.0. The molecule has 26 heavy (non-hydrogen) atoms. The van der Waals surface area contributed by atoms with E-state index in [9.17, 15) is 0 Å². The summed E-state index contributed by atoms with van der Waals surface area (Å²) in [5.41, 5.74) is 0. The summed E-state index contributed by atoms with van der Waals surface area (Å²) in [4.78, 5) is 0. The van der Waals surface area contributed by atoms with E-state index >= 15 is 0 Å². The fourth-order valence-corrected chi connectivity index (χ4v) is 1.79. The highest BCUT2D eigenvalue weighted by molar-refractivity contribution is 7.80. The first-order valence-electron chi connectivity index (χ1n) is 9.21. The molecule has 0 rings (SSSR count). The molecule has 0 aromatic rings. The lowest BCUT2D eigenvalue weighted by Gasteiger charge is -2.08. The predicted molar refractivity (Wildman–Crippen MR) is 104 cm³/mol. The van der Waals surface area contributed by atoms with Gasteiger partial charge in [-0.15, -0.1) is 0 Å². The van der Waals surface area contributed by atoms with Crippen molar-refractivity contribution in [2.24, 2.45) is 0 Å². The first kappa shape index (κ1) is 26.0. The Balaban J connectivity index is 2.95. The third-order valence-corrected chi connectivity index (χ3v) is 3.15. The van der Waals surface area contributed by atoms with Gasteiger partial charge in [0, 0.05) is 12.3 Å². The molecule has 0 saturated heterocycles. The molecule has 0 aliphatic carbocycles. The Morgan fingerprint density at radius 3 is 1.00 bits per heavy atom. The second kappa shape index (κ2) is 25.0. The SMILES string of the molecule is CNCCOCCOCCOCCOCCOCCOCCOCCS. The maximum Gasteiger partial charge on any atom is 0.0701 e. The number of likely N-dealkylation sites (N-methyl/N-ethyl adjacent to an activating group) is 1. The zero-order chi connectivity index (χ0) is 19.0. The summed E-state index contributed by atoms with van der Waals surface area (Å²) in [6.07, 6.45) is 0. The molecule has 0 aliphatic rings. The minimum atomic E-state index is 0.550. The lowest BCUT2D eigenvalue weighted by molar-refractivity contribution is -0.0199. The van der Waals surface area contributed by atoms with Crippen LogP contribution in [0.15, 0.2) is 0 Å². The highest BCUT2D eigenvalue weighted by Gasteiger charge is 1.94. The summed E-state index contributed by atoms with van der Waals surface area (Å²) in [7, 11) is 1.90. The molecule has 1 N–H and O–H groups in total. The number of ether oxygens (including phenoxy) is 7. The summed E-state index contributed by atoms with van der Waals surface area (Å²) in [6.45, 7) is 9.05. The largest absolute Gasteiger partial charge is 0.378 e. The Labute approximate surface area is 163 Å². The van der Waals surface area contributed by atoms with Crippen LogP contribution in [0.1, 0.15) is 0 Å². The first-order chi connectivity index (χ1) is 12.9. The third-order valence-electron chi connectivity index (χ3n) is 2.96. The van der Waals surface area contributed by atoms with Crippen molar-refractivity contribution >= 4 is 12.6 Å². The highest BCUT2D eigenvalue weighted by atomic mass is 32.1. The van der Waals surface area contributed by atoms with Gasteiger partial charge in [-0.25, -0.2) is 0 Å². The van der Waals surface area contributed by atoms with Gasteiger partial charge in [0.05, 0.1) is 92.5 Å². The Bertz CT molecular complexity index is 229. The smallest absolute Gasteiger partial charge is 0.0701 e. The van der Waals surface area contributed by atoms with E-state index < -0.39 is 0 Å². The van der Waals surface area contributed by atoms with Crippen molar-refractivity contribution in [3.63, 3.8) is 0 Å². The highest BCUT2D eigenvalue weighted by Crippen LogP contribution is 1.85. The van der Waals surface area contributed by atoms with Crippen molar-refractivity contribution in [1.29, 1.82) is 0 Å². The molecular formula is C17H37NO7S. The second-order valence-corrected chi connectivity index (χ2v) is 5.56. The van der Waals surface area contributed by atoms with Crippen LogP contribution in [0.4, 0.5) is 0 Å². The van der Waals surface area contributed by atoms with E-state index in [4.69, 9.17) is 33.2 Å². The van der Waals surface area contributed by atoms with Crippen molar-refractivity contribution in [3.05, 3.63) is 0 Å². The van der Waals surface area contributed by atoms with E-state index in [0.29, 0.717) is 92.5 Å². The molecule has 8 nitrogen and oxygen atoms in total. The van der Waals surface area contributed by atoms with Crippen LogP contribution in [0.2, 0.25) is 0 Å². The Morgan fingerprint density at radius 1 is 0.462 bits per heavy atom. The monoisotopic (exact) mass is 399 g/mol. The van der Waals surface area contributed by atoms with Gasteiger partial charge in [0.25, 0.3) is 0 Å². The molecule has 0 heterocycles. The van der Waals surface area contributed by atoms with E-state index in [-0.39, 0.29) is 0 Å². The molecule has 0 radical (unpaired) electrons. The van der Waals surface area contributed by atoms with Gasteiger partial charge < -0.3 is 38.5 Å². The summed E-state index contributed by atoms with van der Waals surface area (Å²) in [5.74, 6) is 0.731. The molecule has 9 heteroatoms.